The van der Waals surface area contributed by atoms with Crippen LogP contribution in [0.2, 0.25) is 0 Å². The van der Waals surface area contributed by atoms with Gasteiger partial charge in [-0.1, -0.05) is 48.0 Å². The number of primary amides is 1. The molecule has 0 fully saturated rings. The molecule has 0 bridgehead atoms. The standard InChI is InChI=1S/C28H38N4O6/c1-18-10-12-20(13-11-18)24(25(35)30-21-9-7-6-8-19(21)2)32(16-17-33)26(36)22(14-15-23(29)34)31-27(37)38-28(3,4)5/h6-13,22,24,33H,14-17H2,1-5H3,(H2,29,34)(H,30,35)(H,31,37). The molecular formula is C28H38N4O6. The summed E-state index contributed by atoms with van der Waals surface area (Å²) in [7, 11) is 0. The fraction of sp³-hybridized carbons (Fsp3) is 0.429. The highest BCUT2D eigenvalue weighted by atomic mass is 16.6. The fourth-order valence-corrected chi connectivity index (χ4v) is 3.80. The zero-order valence-corrected chi connectivity index (χ0v) is 22.6. The second-order valence-electron chi connectivity index (χ2n) is 10.1. The number of hydrogen-bond acceptors (Lipinski definition) is 6. The van der Waals surface area contributed by atoms with Gasteiger partial charge >= 0.3 is 6.09 Å². The number of amides is 4. The van der Waals surface area contributed by atoms with E-state index >= 15 is 0 Å². The van der Waals surface area contributed by atoms with E-state index in [1.54, 1.807) is 45.0 Å². The normalized spacial score (nSPS) is 12.7. The topological polar surface area (TPSA) is 151 Å². The predicted octanol–water partition coefficient (Wildman–Crippen LogP) is 2.96. The summed E-state index contributed by atoms with van der Waals surface area (Å²) >= 11 is 0. The highest BCUT2D eigenvalue weighted by Crippen LogP contribution is 2.26. The Morgan fingerprint density at radius 1 is 1.03 bits per heavy atom. The number of aryl methyl sites for hydroxylation is 2. The van der Waals surface area contributed by atoms with E-state index < -0.39 is 48.1 Å². The second kappa shape index (κ2) is 13.6. The van der Waals surface area contributed by atoms with Crippen LogP contribution >= 0.6 is 0 Å². The summed E-state index contributed by atoms with van der Waals surface area (Å²) in [5.74, 6) is -1.83. The SMILES string of the molecule is Cc1ccc(C(C(=O)Nc2ccccc2C)N(CCO)C(=O)C(CCC(N)=O)NC(=O)OC(C)(C)C)cc1. The summed E-state index contributed by atoms with van der Waals surface area (Å²) in [5, 5.41) is 15.2. The molecule has 10 heteroatoms. The van der Waals surface area contributed by atoms with Crippen LogP contribution < -0.4 is 16.4 Å². The van der Waals surface area contributed by atoms with Gasteiger partial charge < -0.3 is 31.1 Å². The predicted molar refractivity (Wildman–Crippen MR) is 144 cm³/mol. The molecule has 206 valence electrons. The molecule has 0 aromatic heterocycles. The van der Waals surface area contributed by atoms with Crippen LogP contribution in [0.15, 0.2) is 48.5 Å². The third-order valence-electron chi connectivity index (χ3n) is 5.65. The third kappa shape index (κ3) is 9.19. The average Bonchev–Trinajstić information content (AvgIpc) is 2.82. The number of carbonyl (C=O) groups excluding carboxylic acids is 4. The van der Waals surface area contributed by atoms with Crippen molar-refractivity contribution in [1.82, 2.24) is 10.2 Å². The van der Waals surface area contributed by atoms with Crippen molar-refractivity contribution >= 4 is 29.5 Å². The number of ether oxygens (including phenoxy) is 1. The lowest BCUT2D eigenvalue weighted by molar-refractivity contribution is -0.141. The number of nitrogens with one attached hydrogen (secondary N) is 2. The Bertz CT molecular complexity index is 1130. The Balaban J connectivity index is 2.49. The molecule has 0 spiro atoms. The first-order valence-electron chi connectivity index (χ1n) is 12.4. The lowest BCUT2D eigenvalue weighted by Gasteiger charge is -2.34. The molecule has 4 amide bonds. The van der Waals surface area contributed by atoms with Crippen molar-refractivity contribution in [3.63, 3.8) is 0 Å². The minimum atomic E-state index is -1.23. The maximum absolute atomic E-state index is 13.9. The summed E-state index contributed by atoms with van der Waals surface area (Å²) in [6.07, 6.45) is -1.17. The molecule has 0 radical (unpaired) electrons. The largest absolute Gasteiger partial charge is 0.444 e. The number of aliphatic hydroxyl groups is 1. The van der Waals surface area contributed by atoms with E-state index in [9.17, 15) is 24.3 Å². The molecule has 2 aromatic carbocycles. The summed E-state index contributed by atoms with van der Waals surface area (Å²) < 4.78 is 5.30. The fourth-order valence-electron chi connectivity index (χ4n) is 3.80. The van der Waals surface area contributed by atoms with Crippen LogP contribution in [-0.2, 0) is 19.1 Å². The number of benzene rings is 2. The molecule has 10 nitrogen and oxygen atoms in total. The van der Waals surface area contributed by atoms with Crippen LogP contribution in [0, 0.1) is 13.8 Å². The minimum absolute atomic E-state index is 0.116. The van der Waals surface area contributed by atoms with E-state index in [2.05, 4.69) is 10.6 Å². The van der Waals surface area contributed by atoms with Gasteiger partial charge in [0.2, 0.25) is 11.8 Å². The number of para-hydroxylation sites is 1. The summed E-state index contributed by atoms with van der Waals surface area (Å²) in [6, 6.07) is 11.9. The van der Waals surface area contributed by atoms with Gasteiger partial charge in [0.15, 0.2) is 0 Å². The Hall–Kier alpha value is -3.92. The van der Waals surface area contributed by atoms with Crippen molar-refractivity contribution in [3.8, 4) is 0 Å². The molecule has 2 rings (SSSR count). The van der Waals surface area contributed by atoms with Crippen LogP contribution in [0.25, 0.3) is 0 Å². The average molecular weight is 527 g/mol. The van der Waals surface area contributed by atoms with Gasteiger partial charge in [-0.2, -0.15) is 0 Å². The van der Waals surface area contributed by atoms with Gasteiger partial charge in [-0.3, -0.25) is 14.4 Å². The molecule has 0 aliphatic carbocycles. The van der Waals surface area contributed by atoms with Gasteiger partial charge in [0.1, 0.15) is 17.7 Å². The van der Waals surface area contributed by atoms with Gasteiger partial charge in [-0.05, 0) is 58.2 Å². The van der Waals surface area contributed by atoms with Crippen molar-refractivity contribution in [2.45, 2.75) is 65.1 Å². The van der Waals surface area contributed by atoms with Gasteiger partial charge in [-0.15, -0.1) is 0 Å². The van der Waals surface area contributed by atoms with Crippen molar-refractivity contribution in [1.29, 1.82) is 0 Å². The van der Waals surface area contributed by atoms with Gasteiger partial charge in [-0.25, -0.2) is 4.79 Å². The number of hydrogen-bond donors (Lipinski definition) is 4. The summed E-state index contributed by atoms with van der Waals surface area (Å²) in [4.78, 5) is 52.8. The van der Waals surface area contributed by atoms with Crippen molar-refractivity contribution < 1.29 is 29.0 Å². The number of nitrogens with zero attached hydrogens (tertiary/aromatic N) is 1. The molecule has 0 aliphatic rings. The maximum Gasteiger partial charge on any atom is 0.408 e. The maximum atomic E-state index is 13.9. The van der Waals surface area contributed by atoms with Crippen molar-refractivity contribution in [2.24, 2.45) is 5.73 Å². The van der Waals surface area contributed by atoms with E-state index in [1.807, 2.05) is 38.1 Å². The Kier molecular flexibility index (Phi) is 10.8. The Morgan fingerprint density at radius 2 is 1.66 bits per heavy atom. The van der Waals surface area contributed by atoms with Gasteiger partial charge in [0, 0.05) is 18.7 Å². The highest BCUT2D eigenvalue weighted by Gasteiger charge is 2.36. The molecule has 2 unspecified atom stereocenters. The van der Waals surface area contributed by atoms with Crippen LogP contribution in [0.1, 0.15) is 56.3 Å². The Labute approximate surface area is 223 Å². The Morgan fingerprint density at radius 3 is 2.21 bits per heavy atom. The number of rotatable bonds is 11. The van der Waals surface area contributed by atoms with Crippen LogP contribution in [-0.4, -0.2) is 58.6 Å². The molecule has 0 saturated carbocycles. The zero-order chi connectivity index (χ0) is 28.5. The molecular weight excluding hydrogens is 488 g/mol. The molecule has 0 saturated heterocycles. The molecule has 38 heavy (non-hydrogen) atoms. The number of alkyl carbamates (subject to hydrolysis) is 1. The monoisotopic (exact) mass is 526 g/mol. The lowest BCUT2D eigenvalue weighted by Crippen LogP contribution is -2.53. The first-order chi connectivity index (χ1) is 17.8. The molecule has 5 N–H and O–H groups in total. The molecule has 0 aliphatic heterocycles. The van der Waals surface area contributed by atoms with E-state index in [1.165, 1.54) is 4.90 Å². The van der Waals surface area contributed by atoms with E-state index in [4.69, 9.17) is 10.5 Å². The second-order valence-corrected chi connectivity index (χ2v) is 10.1. The van der Waals surface area contributed by atoms with Crippen LogP contribution in [0.3, 0.4) is 0 Å². The first kappa shape index (κ1) is 30.3. The third-order valence-corrected chi connectivity index (χ3v) is 5.65. The molecule has 0 heterocycles. The number of aliphatic hydroxyl groups excluding tert-OH is 1. The summed E-state index contributed by atoms with van der Waals surface area (Å²) in [6.45, 7) is 8.12. The number of anilines is 1. The number of nitrogens with two attached hydrogens (primary N) is 1. The number of carbonyl (C=O) groups is 4. The van der Waals surface area contributed by atoms with Crippen LogP contribution in [0.5, 0.6) is 0 Å². The molecule has 2 atom stereocenters. The molecule has 2 aromatic rings. The van der Waals surface area contributed by atoms with Crippen molar-refractivity contribution in [3.05, 3.63) is 65.2 Å². The van der Waals surface area contributed by atoms with Crippen molar-refractivity contribution in [2.75, 3.05) is 18.5 Å². The van der Waals surface area contributed by atoms with Gasteiger partial charge in [0.25, 0.3) is 5.91 Å². The van der Waals surface area contributed by atoms with E-state index in [0.717, 1.165) is 11.1 Å². The lowest BCUT2D eigenvalue weighted by atomic mass is 10.00. The van der Waals surface area contributed by atoms with Crippen LogP contribution in [0.4, 0.5) is 10.5 Å². The minimum Gasteiger partial charge on any atom is -0.444 e. The summed E-state index contributed by atoms with van der Waals surface area (Å²) in [5.41, 5.74) is 7.35. The first-order valence-corrected chi connectivity index (χ1v) is 12.4. The van der Waals surface area contributed by atoms with Gasteiger partial charge in [0.05, 0.1) is 6.61 Å². The van der Waals surface area contributed by atoms with E-state index in [-0.39, 0.29) is 19.4 Å². The zero-order valence-electron chi connectivity index (χ0n) is 22.6. The quantitative estimate of drug-likeness (QED) is 0.353. The highest BCUT2D eigenvalue weighted by molar-refractivity contribution is 5.99. The van der Waals surface area contributed by atoms with E-state index in [0.29, 0.717) is 11.3 Å². The smallest absolute Gasteiger partial charge is 0.408 e.